The molecule has 18 heavy (non-hydrogen) atoms. The minimum atomic E-state index is 0.222. The summed E-state index contributed by atoms with van der Waals surface area (Å²) in [6, 6.07) is 7.62. The Morgan fingerprint density at radius 3 is 2.61 bits per heavy atom. The van der Waals surface area contributed by atoms with Gasteiger partial charge in [-0.1, -0.05) is 19.1 Å². The highest BCUT2D eigenvalue weighted by molar-refractivity contribution is 5.87. The van der Waals surface area contributed by atoms with Crippen molar-refractivity contribution in [3.8, 4) is 0 Å². The van der Waals surface area contributed by atoms with Crippen LogP contribution in [0.2, 0.25) is 0 Å². The summed E-state index contributed by atoms with van der Waals surface area (Å²) in [6.07, 6.45) is 1.51. The Labute approximate surface area is 108 Å². The molecule has 4 nitrogen and oxygen atoms in total. The molecule has 0 fully saturated rings. The van der Waals surface area contributed by atoms with E-state index in [2.05, 4.69) is 10.3 Å². The molecule has 0 aromatic heterocycles. The smallest absolute Gasteiger partial charge is 0.151 e. The first-order valence-corrected chi connectivity index (χ1v) is 6.23. The first-order chi connectivity index (χ1) is 8.61. The van der Waals surface area contributed by atoms with Crippen LogP contribution in [0.25, 0.3) is 0 Å². The molecule has 3 N–H and O–H groups in total. The van der Waals surface area contributed by atoms with Crippen molar-refractivity contribution < 1.29 is 4.79 Å². The van der Waals surface area contributed by atoms with E-state index in [1.54, 1.807) is 0 Å². The van der Waals surface area contributed by atoms with E-state index >= 15 is 0 Å². The fourth-order valence-electron chi connectivity index (χ4n) is 1.48. The molecule has 0 saturated carbocycles. The highest BCUT2D eigenvalue weighted by Gasteiger charge is 1.99. The summed E-state index contributed by atoms with van der Waals surface area (Å²) in [5, 5.41) is 3.02. The van der Waals surface area contributed by atoms with Crippen LogP contribution in [0.15, 0.2) is 29.3 Å². The first-order valence-electron chi connectivity index (χ1n) is 6.23. The van der Waals surface area contributed by atoms with Crippen LogP contribution in [-0.4, -0.2) is 18.2 Å². The third-order valence-electron chi connectivity index (χ3n) is 2.55. The number of nitrogens with zero attached hydrogens (tertiary/aromatic N) is 1. The summed E-state index contributed by atoms with van der Waals surface area (Å²) in [4.78, 5) is 15.7. The van der Waals surface area contributed by atoms with Gasteiger partial charge in [-0.25, -0.2) is 0 Å². The summed E-state index contributed by atoms with van der Waals surface area (Å²) in [5.74, 6) is 1.01. The molecule has 0 saturated heterocycles. The predicted molar refractivity (Wildman–Crippen MR) is 75.6 cm³/mol. The van der Waals surface area contributed by atoms with Crippen molar-refractivity contribution in [1.29, 1.82) is 0 Å². The van der Waals surface area contributed by atoms with E-state index in [9.17, 15) is 4.79 Å². The molecule has 0 spiro atoms. The van der Waals surface area contributed by atoms with E-state index in [-0.39, 0.29) is 5.78 Å². The third-order valence-corrected chi connectivity index (χ3v) is 2.55. The number of carbonyl (C=O) groups is 1. The molecule has 0 radical (unpaired) electrons. The van der Waals surface area contributed by atoms with Crippen molar-refractivity contribution in [2.24, 2.45) is 4.99 Å². The van der Waals surface area contributed by atoms with Gasteiger partial charge in [0.1, 0.15) is 0 Å². The topological polar surface area (TPSA) is 67.5 Å². The number of aliphatic imine (C=N–C) groups is 1. The number of ketones is 1. The van der Waals surface area contributed by atoms with Crippen molar-refractivity contribution in [1.82, 2.24) is 5.32 Å². The number of benzene rings is 1. The molecular weight excluding hydrogens is 226 g/mol. The first kappa shape index (κ1) is 14.2. The Kier molecular flexibility index (Phi) is 5.91. The van der Waals surface area contributed by atoms with Gasteiger partial charge in [-0.3, -0.25) is 9.79 Å². The summed E-state index contributed by atoms with van der Waals surface area (Å²) < 4.78 is 0. The lowest BCUT2D eigenvalue weighted by Gasteiger charge is -2.05. The van der Waals surface area contributed by atoms with Gasteiger partial charge in [0.05, 0.1) is 18.9 Å². The van der Waals surface area contributed by atoms with Crippen molar-refractivity contribution in [3.05, 3.63) is 29.8 Å². The van der Waals surface area contributed by atoms with E-state index in [1.165, 1.54) is 0 Å². The summed E-state index contributed by atoms with van der Waals surface area (Å²) >= 11 is 0. The Bertz CT molecular complexity index is 410. The standard InChI is InChI=1S/C14H21N3O/c1-3-4-14(18)10-17-11(2)16-9-12-5-7-13(15)8-6-12/h5-8H,3-4,9-10,15H2,1-2H3,(H,16,17). The lowest BCUT2D eigenvalue weighted by molar-refractivity contribution is -0.118. The van der Waals surface area contributed by atoms with Crippen LogP contribution in [0.1, 0.15) is 32.3 Å². The van der Waals surface area contributed by atoms with Crippen LogP contribution in [0.5, 0.6) is 0 Å². The lowest BCUT2D eigenvalue weighted by Crippen LogP contribution is -2.27. The van der Waals surface area contributed by atoms with Gasteiger partial charge in [0.25, 0.3) is 0 Å². The van der Waals surface area contributed by atoms with E-state index in [4.69, 9.17) is 5.73 Å². The van der Waals surface area contributed by atoms with Gasteiger partial charge < -0.3 is 11.1 Å². The van der Waals surface area contributed by atoms with Crippen LogP contribution in [0, 0.1) is 0 Å². The Morgan fingerprint density at radius 2 is 2.00 bits per heavy atom. The highest BCUT2D eigenvalue weighted by Crippen LogP contribution is 2.06. The number of Topliss-reactive ketones (excluding diaryl/α,β-unsaturated/α-hetero) is 1. The van der Waals surface area contributed by atoms with Gasteiger partial charge in [0.15, 0.2) is 5.78 Å². The number of anilines is 1. The van der Waals surface area contributed by atoms with Crippen LogP contribution in [-0.2, 0) is 11.3 Å². The van der Waals surface area contributed by atoms with E-state index < -0.39 is 0 Å². The van der Waals surface area contributed by atoms with Crippen molar-refractivity contribution in [2.45, 2.75) is 33.2 Å². The van der Waals surface area contributed by atoms with Gasteiger partial charge in [-0.15, -0.1) is 0 Å². The van der Waals surface area contributed by atoms with Gasteiger partial charge >= 0.3 is 0 Å². The average Bonchev–Trinajstić information content (AvgIpc) is 2.36. The minimum Gasteiger partial charge on any atom is -0.399 e. The second-order valence-corrected chi connectivity index (χ2v) is 4.29. The molecule has 0 unspecified atom stereocenters. The number of hydrogen-bond donors (Lipinski definition) is 2. The summed E-state index contributed by atoms with van der Waals surface area (Å²) in [7, 11) is 0. The molecule has 0 aliphatic heterocycles. The average molecular weight is 247 g/mol. The second-order valence-electron chi connectivity index (χ2n) is 4.29. The largest absolute Gasteiger partial charge is 0.399 e. The molecular formula is C14H21N3O. The lowest BCUT2D eigenvalue weighted by atomic mass is 10.2. The zero-order valence-electron chi connectivity index (χ0n) is 11.1. The molecule has 0 aliphatic carbocycles. The third kappa shape index (κ3) is 5.48. The maximum Gasteiger partial charge on any atom is 0.151 e. The molecule has 1 rings (SSSR count). The number of rotatable bonds is 6. The van der Waals surface area contributed by atoms with Gasteiger partial charge in [-0.05, 0) is 31.0 Å². The maximum absolute atomic E-state index is 11.3. The van der Waals surface area contributed by atoms with Crippen LogP contribution in [0.4, 0.5) is 5.69 Å². The number of carbonyl (C=O) groups excluding carboxylic acids is 1. The second kappa shape index (κ2) is 7.48. The molecule has 0 atom stereocenters. The summed E-state index contributed by atoms with van der Waals surface area (Å²) in [6.45, 7) is 4.84. The SMILES string of the molecule is CCCC(=O)CNC(C)=NCc1ccc(N)cc1. The van der Waals surface area contributed by atoms with Crippen molar-refractivity contribution >= 4 is 17.3 Å². The van der Waals surface area contributed by atoms with Crippen molar-refractivity contribution in [2.75, 3.05) is 12.3 Å². The van der Waals surface area contributed by atoms with E-state index in [0.717, 1.165) is 23.5 Å². The fraction of sp³-hybridized carbons (Fsp3) is 0.429. The molecule has 98 valence electrons. The van der Waals surface area contributed by atoms with Crippen LogP contribution in [0.3, 0.4) is 0 Å². The summed E-state index contributed by atoms with van der Waals surface area (Å²) in [5.41, 5.74) is 7.46. The normalized spacial score (nSPS) is 11.3. The quantitative estimate of drug-likeness (QED) is 0.460. The zero-order valence-corrected chi connectivity index (χ0v) is 11.1. The van der Waals surface area contributed by atoms with E-state index in [1.807, 2.05) is 38.1 Å². The molecule has 0 amide bonds. The maximum atomic E-state index is 11.3. The molecule has 1 aromatic rings. The zero-order chi connectivity index (χ0) is 13.4. The molecule has 1 aromatic carbocycles. The molecule has 0 bridgehead atoms. The monoisotopic (exact) mass is 247 g/mol. The highest BCUT2D eigenvalue weighted by atomic mass is 16.1. The predicted octanol–water partition coefficient (Wildman–Crippen LogP) is 2.15. The number of nitrogens with one attached hydrogen (secondary N) is 1. The molecule has 0 aliphatic rings. The number of nitrogen functional groups attached to an aromatic ring is 1. The fourth-order valence-corrected chi connectivity index (χ4v) is 1.48. The number of nitrogens with two attached hydrogens (primary N) is 1. The Morgan fingerprint density at radius 1 is 1.33 bits per heavy atom. The molecule has 4 heteroatoms. The minimum absolute atomic E-state index is 0.222. The number of hydrogen-bond acceptors (Lipinski definition) is 3. The van der Waals surface area contributed by atoms with Crippen LogP contribution >= 0.6 is 0 Å². The van der Waals surface area contributed by atoms with Gasteiger partial charge in [0, 0.05) is 12.1 Å². The molecule has 0 heterocycles. The van der Waals surface area contributed by atoms with Crippen LogP contribution < -0.4 is 11.1 Å². The van der Waals surface area contributed by atoms with Gasteiger partial charge in [-0.2, -0.15) is 0 Å². The van der Waals surface area contributed by atoms with Gasteiger partial charge in [0.2, 0.25) is 0 Å². The Hall–Kier alpha value is -1.84. The Balaban J connectivity index is 2.37. The van der Waals surface area contributed by atoms with E-state index in [0.29, 0.717) is 19.5 Å². The van der Waals surface area contributed by atoms with Crippen molar-refractivity contribution in [3.63, 3.8) is 0 Å². The number of amidine groups is 1.